The second-order valence-corrected chi connectivity index (χ2v) is 9.73. The van der Waals surface area contributed by atoms with Crippen LogP contribution in [-0.4, -0.2) is 80.1 Å². The molecule has 0 spiro atoms. The van der Waals surface area contributed by atoms with E-state index in [4.69, 9.17) is 29.2 Å². The molecule has 3 heterocycles. The van der Waals surface area contributed by atoms with Gasteiger partial charge in [-0.05, 0) is 36.4 Å². The zero-order valence-electron chi connectivity index (χ0n) is 21.0. The molecular weight excluding hydrogens is 565 g/mol. The molecule has 1 saturated heterocycles. The molecule has 0 saturated carbocycles. The van der Waals surface area contributed by atoms with Gasteiger partial charge in [-0.2, -0.15) is 0 Å². The van der Waals surface area contributed by atoms with Crippen LogP contribution >= 0.6 is 7.82 Å². The minimum Gasteiger partial charge on any atom is -0.459 e. The van der Waals surface area contributed by atoms with E-state index in [1.807, 2.05) is 0 Å². The number of carbonyl (C=O) groups is 3. The Morgan fingerprint density at radius 1 is 0.878 bits per heavy atom. The molecule has 1 fully saturated rings. The van der Waals surface area contributed by atoms with Gasteiger partial charge in [-0.1, -0.05) is 12.1 Å². The Balaban J connectivity index is 1.64. The minimum atomic E-state index is -5.36. The van der Waals surface area contributed by atoms with Gasteiger partial charge in [0.25, 0.3) is 0 Å². The number of nitrogens with two attached hydrogens (primary N) is 1. The maximum absolute atomic E-state index is 13.0. The molecule has 216 valence electrons. The van der Waals surface area contributed by atoms with Crippen LogP contribution in [0, 0.1) is 0 Å². The van der Waals surface area contributed by atoms with Gasteiger partial charge in [0.1, 0.15) is 24.9 Å². The lowest BCUT2D eigenvalue weighted by atomic mass is 9.99. The molecule has 2 aromatic heterocycles. The number of hydrogen-bond acceptors (Lipinski definition) is 13. The summed E-state index contributed by atoms with van der Waals surface area (Å²) < 4.78 is 38.2. The Morgan fingerprint density at radius 2 is 1.51 bits per heavy atom. The van der Waals surface area contributed by atoms with Gasteiger partial charge in [-0.25, -0.2) is 18.9 Å². The van der Waals surface area contributed by atoms with Gasteiger partial charge in [0, 0.05) is 30.5 Å². The third kappa shape index (κ3) is 7.70. The summed E-state index contributed by atoms with van der Waals surface area (Å²) in [6.07, 6.45) is -4.24. The Labute approximate surface area is 232 Å². The maximum Gasteiger partial charge on any atom is 0.470 e. The van der Waals surface area contributed by atoms with Crippen molar-refractivity contribution in [3.05, 3.63) is 90.0 Å². The highest BCUT2D eigenvalue weighted by molar-refractivity contribution is 7.46. The van der Waals surface area contributed by atoms with Gasteiger partial charge in [0.15, 0.2) is 6.10 Å². The summed E-state index contributed by atoms with van der Waals surface area (Å²) in [7, 11) is -5.36. The number of ether oxygens (including phenoxy) is 4. The van der Waals surface area contributed by atoms with Crippen molar-refractivity contribution in [2.75, 3.05) is 12.3 Å². The van der Waals surface area contributed by atoms with Crippen LogP contribution in [0.1, 0.15) is 31.1 Å². The lowest BCUT2D eigenvalue weighted by Gasteiger charge is -2.42. The van der Waals surface area contributed by atoms with Crippen LogP contribution in [0.5, 0.6) is 0 Å². The molecule has 1 aromatic carbocycles. The summed E-state index contributed by atoms with van der Waals surface area (Å²) in [4.78, 5) is 65.0. The van der Waals surface area contributed by atoms with E-state index in [-0.39, 0.29) is 22.4 Å². The van der Waals surface area contributed by atoms with Gasteiger partial charge in [-0.15, -0.1) is 0 Å². The van der Waals surface area contributed by atoms with Crippen LogP contribution < -0.4 is 5.73 Å². The fraction of sp³-hybridized carbons (Fsp3) is 0.240. The summed E-state index contributed by atoms with van der Waals surface area (Å²) in [6.45, 7) is -0.694. The average molecular weight is 589 g/mol. The van der Waals surface area contributed by atoms with Gasteiger partial charge >= 0.3 is 25.7 Å². The van der Waals surface area contributed by atoms with Crippen LogP contribution in [0.15, 0.2) is 73.3 Å². The highest BCUT2D eigenvalue weighted by Gasteiger charge is 2.53. The molecule has 4 rings (SSSR count). The second-order valence-electron chi connectivity index (χ2n) is 8.54. The van der Waals surface area contributed by atoms with Gasteiger partial charge < -0.3 is 39.6 Å². The highest BCUT2D eigenvalue weighted by atomic mass is 31.2. The third-order valence-corrected chi connectivity index (χ3v) is 6.22. The first-order valence-corrected chi connectivity index (χ1v) is 13.4. The molecule has 1 aliphatic heterocycles. The van der Waals surface area contributed by atoms with E-state index in [1.165, 1.54) is 61.1 Å². The van der Waals surface area contributed by atoms with Crippen LogP contribution in [-0.2, 0) is 28.0 Å². The number of aromatic nitrogens is 2. The van der Waals surface area contributed by atoms with Gasteiger partial charge in [0.05, 0.1) is 16.7 Å². The SMILES string of the molecule is Nc1ccccc1C(=O)O[C@@H]1O[C@H](COC(=O)c2cccnc2)[C@@H](O)[C@H](OP(=O)(O)O)[C@H]1OC(=O)c1cccnc1. The molecular formula is C25H24N3O12P. The average Bonchev–Trinajstić information content (AvgIpc) is 2.95. The number of phosphoric acid groups is 1. The van der Waals surface area contributed by atoms with Crippen LogP contribution in [0.25, 0.3) is 0 Å². The summed E-state index contributed by atoms with van der Waals surface area (Å²) in [5.74, 6) is -3.00. The van der Waals surface area contributed by atoms with Crippen molar-refractivity contribution in [2.24, 2.45) is 0 Å². The van der Waals surface area contributed by atoms with E-state index in [9.17, 15) is 33.8 Å². The largest absolute Gasteiger partial charge is 0.470 e. The number of phosphoric ester groups is 1. The third-order valence-electron chi connectivity index (χ3n) is 5.70. The van der Waals surface area contributed by atoms with E-state index < -0.39 is 63.0 Å². The first-order chi connectivity index (χ1) is 19.5. The van der Waals surface area contributed by atoms with Gasteiger partial charge in [0.2, 0.25) is 6.29 Å². The van der Waals surface area contributed by atoms with Crippen molar-refractivity contribution in [1.29, 1.82) is 0 Å². The molecule has 0 bridgehead atoms. The number of rotatable bonds is 9. The van der Waals surface area contributed by atoms with Crippen molar-refractivity contribution in [3.63, 3.8) is 0 Å². The van der Waals surface area contributed by atoms with Crippen LogP contribution in [0.4, 0.5) is 5.69 Å². The molecule has 0 aliphatic carbocycles. The van der Waals surface area contributed by atoms with E-state index in [2.05, 4.69) is 9.97 Å². The normalized spacial score (nSPS) is 22.4. The first kappa shape index (κ1) is 29.7. The topological polar surface area (TPSA) is 227 Å². The Kier molecular flexibility index (Phi) is 9.39. The first-order valence-electron chi connectivity index (χ1n) is 11.8. The van der Waals surface area contributed by atoms with Crippen molar-refractivity contribution in [1.82, 2.24) is 9.97 Å². The zero-order valence-corrected chi connectivity index (χ0v) is 21.9. The van der Waals surface area contributed by atoms with Crippen molar-refractivity contribution >= 4 is 31.4 Å². The van der Waals surface area contributed by atoms with E-state index in [0.717, 1.165) is 6.20 Å². The predicted octanol–water partition coefficient (Wildman–Crippen LogP) is 0.862. The highest BCUT2D eigenvalue weighted by Crippen LogP contribution is 2.42. The second kappa shape index (κ2) is 13.0. The number of carbonyl (C=O) groups excluding carboxylic acids is 3. The molecule has 5 N–H and O–H groups in total. The van der Waals surface area contributed by atoms with Crippen molar-refractivity contribution in [2.45, 2.75) is 30.7 Å². The van der Waals surface area contributed by atoms with E-state index >= 15 is 0 Å². The molecule has 3 aromatic rings. The Morgan fingerprint density at radius 3 is 2.10 bits per heavy atom. The molecule has 16 heteroatoms. The number of nitrogen functional groups attached to an aromatic ring is 1. The van der Waals surface area contributed by atoms with E-state index in [1.54, 1.807) is 6.07 Å². The maximum atomic E-state index is 13.0. The Bertz CT molecular complexity index is 1420. The predicted molar refractivity (Wildman–Crippen MR) is 136 cm³/mol. The smallest absolute Gasteiger partial charge is 0.459 e. The number of hydrogen-bond donors (Lipinski definition) is 4. The number of pyridine rings is 2. The summed E-state index contributed by atoms with van der Waals surface area (Å²) >= 11 is 0. The Hall–Kier alpha value is -4.24. The summed E-state index contributed by atoms with van der Waals surface area (Å²) in [6, 6.07) is 11.5. The number of anilines is 1. The quantitative estimate of drug-likeness (QED) is 0.117. The summed E-state index contributed by atoms with van der Waals surface area (Å²) in [5.41, 5.74) is 5.75. The monoisotopic (exact) mass is 589 g/mol. The van der Waals surface area contributed by atoms with Crippen molar-refractivity contribution in [3.8, 4) is 0 Å². The fourth-order valence-corrected chi connectivity index (χ4v) is 4.34. The molecule has 1 aliphatic rings. The molecule has 5 atom stereocenters. The number of para-hydroxylation sites is 1. The van der Waals surface area contributed by atoms with Crippen LogP contribution in [0.2, 0.25) is 0 Å². The van der Waals surface area contributed by atoms with Gasteiger partial charge in [-0.3, -0.25) is 14.5 Å². The lowest BCUT2D eigenvalue weighted by Crippen LogP contribution is -2.61. The zero-order chi connectivity index (χ0) is 29.6. The molecule has 41 heavy (non-hydrogen) atoms. The standard InChI is InChI=1S/C25H24N3O12P/c26-17-8-2-1-7-16(17)24(32)39-25-21(38-23(31)15-6-4-10-28-12-15)20(40-41(33,34)35)19(29)18(37-25)13-36-22(30)14-5-3-9-27-11-14/h1-12,18-21,25,29H,13,26H2,(H2,33,34,35)/t18-,19-,20+,21-,25+/m1/s1. The molecule has 15 nitrogen and oxygen atoms in total. The lowest BCUT2D eigenvalue weighted by molar-refractivity contribution is -0.281. The number of nitrogens with zero attached hydrogens (tertiary/aromatic N) is 2. The van der Waals surface area contributed by atoms with Crippen LogP contribution in [0.3, 0.4) is 0 Å². The van der Waals surface area contributed by atoms with E-state index in [0.29, 0.717) is 0 Å². The number of aliphatic hydroxyl groups excluding tert-OH is 1. The molecule has 0 radical (unpaired) electrons. The summed E-state index contributed by atoms with van der Waals surface area (Å²) in [5, 5.41) is 11.0. The minimum absolute atomic E-state index is 0.0298. The molecule has 0 unspecified atom stereocenters. The number of aliphatic hydroxyl groups is 1. The molecule has 0 amide bonds. The fourth-order valence-electron chi connectivity index (χ4n) is 3.78. The number of benzene rings is 1. The number of esters is 3. The van der Waals surface area contributed by atoms with Crippen molar-refractivity contribution < 1.29 is 57.3 Å².